The maximum absolute atomic E-state index is 14.9. The molecule has 9 atom stereocenters. The quantitative estimate of drug-likeness (QED) is 0.00701. The average Bonchev–Trinajstić information content (AvgIpc) is 1.60. The number of guanidine groups is 1. The number of rotatable bonds is 43. The Hall–Kier alpha value is -12.0. The van der Waals surface area contributed by atoms with E-state index in [2.05, 4.69) is 186 Å². The van der Waals surface area contributed by atoms with Crippen molar-refractivity contribution >= 4 is 88.3 Å². The van der Waals surface area contributed by atoms with Crippen LogP contribution in [0.4, 0.5) is 16.2 Å². The molecule has 17 N–H and O–H groups in total. The summed E-state index contributed by atoms with van der Waals surface area (Å²) in [5.41, 5.74) is 20.7. The van der Waals surface area contributed by atoms with Crippen molar-refractivity contribution in [3.8, 4) is 5.75 Å². The number of carboxylic acids is 2. The number of fused-ring (bicyclic) bond motifs is 2. The van der Waals surface area contributed by atoms with E-state index in [1.165, 1.54) is 75.6 Å². The van der Waals surface area contributed by atoms with Crippen LogP contribution in [0.25, 0.3) is 0 Å². The molecule has 118 heavy (non-hydrogen) atoms. The van der Waals surface area contributed by atoms with Crippen molar-refractivity contribution in [1.82, 2.24) is 62.7 Å². The van der Waals surface area contributed by atoms with Crippen LogP contribution in [0.2, 0.25) is 0 Å². The van der Waals surface area contributed by atoms with Gasteiger partial charge in [-0.3, -0.25) is 43.2 Å². The number of carboxylic acid groups (broad SMARTS) is 2. The van der Waals surface area contributed by atoms with Gasteiger partial charge in [0.2, 0.25) is 52.9 Å². The number of allylic oxidation sites excluding steroid dienone is 6. The van der Waals surface area contributed by atoms with Gasteiger partial charge < -0.3 is 89.4 Å². The third-order valence-electron chi connectivity index (χ3n) is 21.9. The molecule has 0 spiro atoms. The van der Waals surface area contributed by atoms with Crippen LogP contribution in [0.5, 0.6) is 5.75 Å². The van der Waals surface area contributed by atoms with E-state index in [9.17, 15) is 68.1 Å². The standard InChI is InChI=1S/C87H117N17O14/c1-10-55(4)75(81(114)97-65(50-58-52-90-53-94-58)82(115)104-47-27-35-69(104)79(112)98-66(83(116)117)49-56-28-14-11-15-29-56)100-78(111)64(48-57-39-41-59(105)42-40-57)96-80(113)74(54(2)3)99-77(110)63(95-76(109)62(88)51-73(107)108)32-26-45-92-84(89)101-85(118)93-44-24-23-43-91-72(106)38-18-13-25-46-103-68-34-22-20-31-61(68)87(7,8)71(103)37-17-12-16-36-70-86(5,6)60-30-19-21-33-67(60)102(70)9/h11-12,14-17,19-22,28-31,33-34,36-37,39-42,52-55,62-66,69,74-75H,10,13,18,23-27,32,35,38,43-51,88H2,1-9H3,(H14-,89,90,91,92,93,94,95,96,97,98,99,100,101,105,106,107,108,109,110,111,112,113,114,116,117,118)/p+1/t55-,62+,63-,64+,65-,66+,69-,74+,75+/m1/s1. The number of nitrogens with two attached hydrogens (primary N) is 2. The molecule has 0 unspecified atom stereocenters. The highest BCUT2D eigenvalue weighted by Gasteiger charge is 2.45. The monoisotopic (exact) mass is 1620 g/mol. The lowest BCUT2D eigenvalue weighted by Gasteiger charge is -2.32. The van der Waals surface area contributed by atoms with E-state index in [0.29, 0.717) is 55.5 Å². The van der Waals surface area contributed by atoms with Crippen LogP contribution in [-0.4, -0.2) is 200 Å². The maximum atomic E-state index is 14.9. The van der Waals surface area contributed by atoms with Crippen molar-refractivity contribution in [2.24, 2.45) is 28.3 Å². The zero-order chi connectivity index (χ0) is 85.8. The lowest BCUT2D eigenvalue weighted by molar-refractivity contribution is -0.401. The first-order valence-electron chi connectivity index (χ1n) is 40.7. The topological polar surface area (TPSA) is 459 Å². The summed E-state index contributed by atoms with van der Waals surface area (Å²) in [4.78, 5) is 165. The third kappa shape index (κ3) is 25.7. The Kier molecular flexibility index (Phi) is 34.0. The normalized spacial score (nSPS) is 17.2. The molecule has 0 bridgehead atoms. The highest BCUT2D eigenvalue weighted by molar-refractivity contribution is 6.03. The SMILES string of the molecule is CC[C@@H](C)[C@H](NC(=O)[C@H](Cc1ccc(O)cc1)NC(=O)[C@@H](NC(=O)[C@@H](CCCN/C(N)=N/C(=O)NCCCCNC(=O)CCCCCN1\C(=C/C=C/C=C/C2=[N+](C)c3ccccc3C2(C)C)C(C)(C)c2ccccc21)NC(=O)[C@@H](N)CC(=O)O)C(C)C)C(=O)N[C@H](Cc1cnc[nH]1)C(=O)N1CCC[C@@H]1C(=O)N[C@@H](Cc1ccccc1)C(=O)O. The van der Waals surface area contributed by atoms with Crippen molar-refractivity contribution in [1.29, 1.82) is 0 Å². The third-order valence-corrected chi connectivity index (χ3v) is 21.9. The van der Waals surface area contributed by atoms with Crippen LogP contribution in [0.1, 0.15) is 160 Å². The number of likely N-dealkylation sites (tertiary alicyclic amines) is 1. The average molecular weight is 1630 g/mol. The summed E-state index contributed by atoms with van der Waals surface area (Å²) in [6, 6.07) is 19.8. The van der Waals surface area contributed by atoms with Gasteiger partial charge >= 0.3 is 18.0 Å². The van der Waals surface area contributed by atoms with E-state index in [-0.39, 0.29) is 86.6 Å². The molecule has 1 fully saturated rings. The number of nitrogens with zero attached hydrogens (tertiary/aromatic N) is 5. The number of amides is 10. The van der Waals surface area contributed by atoms with Gasteiger partial charge in [-0.05, 0) is 118 Å². The van der Waals surface area contributed by atoms with Crippen molar-refractivity contribution in [3.63, 3.8) is 0 Å². The molecule has 3 aliphatic rings. The Labute approximate surface area is 689 Å². The predicted molar refractivity (Wildman–Crippen MR) is 449 cm³/mol. The minimum Gasteiger partial charge on any atom is -0.508 e. The largest absolute Gasteiger partial charge is 0.508 e. The van der Waals surface area contributed by atoms with Crippen LogP contribution >= 0.6 is 0 Å². The van der Waals surface area contributed by atoms with Gasteiger partial charge in [-0.25, -0.2) is 14.6 Å². The highest BCUT2D eigenvalue weighted by atomic mass is 16.4. The second kappa shape index (κ2) is 43.8. The number of H-pyrrole nitrogens is 1. The van der Waals surface area contributed by atoms with Crippen LogP contribution in [-0.2, 0) is 78.0 Å². The van der Waals surface area contributed by atoms with Crippen LogP contribution in [0.3, 0.4) is 0 Å². The number of para-hydroxylation sites is 2. The van der Waals surface area contributed by atoms with Gasteiger partial charge in [0.15, 0.2) is 11.7 Å². The van der Waals surface area contributed by atoms with Crippen LogP contribution in [0, 0.1) is 11.8 Å². The van der Waals surface area contributed by atoms with E-state index < -0.39 is 126 Å². The number of unbranched alkanes of at least 4 members (excludes halogenated alkanes) is 3. The summed E-state index contributed by atoms with van der Waals surface area (Å²) < 4.78 is 2.26. The van der Waals surface area contributed by atoms with Gasteiger partial charge in [-0.15, -0.1) is 0 Å². The van der Waals surface area contributed by atoms with Gasteiger partial charge in [0.05, 0.1) is 24.2 Å². The van der Waals surface area contributed by atoms with Crippen LogP contribution in [0.15, 0.2) is 157 Å². The lowest BCUT2D eigenvalue weighted by atomic mass is 9.81. The first-order valence-corrected chi connectivity index (χ1v) is 40.7. The molecule has 3 aliphatic heterocycles. The van der Waals surface area contributed by atoms with E-state index in [0.717, 1.165) is 25.8 Å². The number of imidazole rings is 1. The number of aliphatic imine (C=N–C) groups is 1. The summed E-state index contributed by atoms with van der Waals surface area (Å²) in [7, 11) is 2.12. The summed E-state index contributed by atoms with van der Waals surface area (Å²) in [6.07, 6.45) is 17.2. The van der Waals surface area contributed by atoms with E-state index in [4.69, 9.17) is 11.5 Å². The number of aromatic nitrogens is 2. The maximum Gasteiger partial charge on any atom is 0.344 e. The number of phenols is 1. The predicted octanol–water partition coefficient (Wildman–Crippen LogP) is 5.98. The minimum atomic E-state index is -1.59. The van der Waals surface area contributed by atoms with Crippen molar-refractivity contribution in [2.75, 3.05) is 44.7 Å². The van der Waals surface area contributed by atoms with Gasteiger partial charge in [-0.1, -0.05) is 151 Å². The highest BCUT2D eigenvalue weighted by Crippen LogP contribution is 2.48. The molecule has 31 heteroatoms. The Bertz CT molecular complexity index is 4480. The fraction of sp³-hybridized carbons (Fsp3) is 0.471. The molecule has 4 heterocycles. The Balaban J connectivity index is 0.808. The van der Waals surface area contributed by atoms with Crippen molar-refractivity contribution in [2.45, 2.75) is 211 Å². The van der Waals surface area contributed by atoms with Gasteiger partial charge in [0.1, 0.15) is 55.1 Å². The van der Waals surface area contributed by atoms with Crippen molar-refractivity contribution < 1.29 is 72.6 Å². The number of benzene rings is 4. The second-order valence-electron chi connectivity index (χ2n) is 31.8. The number of nitrogens with one attached hydrogen (secondary N) is 10. The fourth-order valence-electron chi connectivity index (χ4n) is 15.1. The molecule has 634 valence electrons. The molecule has 8 rings (SSSR count). The Morgan fingerprint density at radius 1 is 0.653 bits per heavy atom. The molecular formula is C87H118N17O14+. The van der Waals surface area contributed by atoms with E-state index in [1.807, 2.05) is 0 Å². The second-order valence-corrected chi connectivity index (χ2v) is 31.8. The lowest BCUT2D eigenvalue weighted by Crippen LogP contribution is -2.62. The number of anilines is 1. The first-order chi connectivity index (χ1) is 56.3. The van der Waals surface area contributed by atoms with E-state index >= 15 is 0 Å². The Morgan fingerprint density at radius 3 is 1.96 bits per heavy atom. The summed E-state index contributed by atoms with van der Waals surface area (Å²) in [5, 5.41) is 54.3. The fourth-order valence-corrected chi connectivity index (χ4v) is 15.1. The zero-order valence-corrected chi connectivity index (χ0v) is 69.0. The first kappa shape index (κ1) is 91.5. The molecule has 4 aromatic carbocycles. The molecule has 10 amide bonds. The smallest absolute Gasteiger partial charge is 0.344 e. The summed E-state index contributed by atoms with van der Waals surface area (Å²) in [5.74, 6) is -10.2. The summed E-state index contributed by atoms with van der Waals surface area (Å²) in [6.45, 7) is 17.3. The summed E-state index contributed by atoms with van der Waals surface area (Å²) >= 11 is 0. The number of urea groups is 1. The molecular weight excluding hydrogens is 1510 g/mol. The molecule has 31 nitrogen and oxygen atoms in total. The molecule has 0 radical (unpaired) electrons. The number of hydrogen-bond donors (Lipinski definition) is 15. The van der Waals surface area contributed by atoms with Gasteiger partial charge in [0, 0.05) is 105 Å². The van der Waals surface area contributed by atoms with E-state index in [1.54, 1.807) is 58.0 Å². The zero-order valence-electron chi connectivity index (χ0n) is 69.0. The number of phenolic OH excluding ortho intramolecular Hbond substituents is 1. The number of aliphatic carboxylic acids is 2. The van der Waals surface area contributed by atoms with Gasteiger partial charge in [-0.2, -0.15) is 9.57 Å². The molecule has 1 aromatic heterocycles. The molecule has 5 aromatic rings. The molecule has 0 saturated carbocycles. The number of aromatic amines is 1. The number of carbonyl (C=O) groups is 11. The van der Waals surface area contributed by atoms with Gasteiger partial charge in [0.25, 0.3) is 0 Å². The Morgan fingerprint density at radius 2 is 1.28 bits per heavy atom. The van der Waals surface area contributed by atoms with Crippen LogP contribution < -0.4 is 64.2 Å². The molecule has 1 saturated heterocycles. The minimum absolute atomic E-state index is 0.000163. The number of carbonyl (C=O) groups excluding carboxylic acids is 9. The number of hydrogen-bond acceptors (Lipinski definition) is 15. The van der Waals surface area contributed by atoms with Crippen molar-refractivity contribution in [3.05, 3.63) is 180 Å². The number of aromatic hydroxyl groups is 1. The molecule has 0 aliphatic carbocycles.